The van der Waals surface area contributed by atoms with Gasteiger partial charge in [-0.25, -0.2) is 5.06 Å². The first kappa shape index (κ1) is 7.05. The maximum Gasteiger partial charge on any atom is 0.133 e. The van der Waals surface area contributed by atoms with Crippen LogP contribution in [0.3, 0.4) is 0 Å². The van der Waals surface area contributed by atoms with Crippen LogP contribution in [0.2, 0.25) is 0 Å². The van der Waals surface area contributed by atoms with Gasteiger partial charge in [-0.05, 0) is 12.3 Å². The topological polar surface area (TPSA) is 23.5 Å². The van der Waals surface area contributed by atoms with Crippen molar-refractivity contribution in [2.24, 2.45) is 0 Å². The minimum absolute atomic E-state index is 0.0556. The van der Waals surface area contributed by atoms with Crippen LogP contribution in [0.25, 0.3) is 0 Å². The van der Waals surface area contributed by atoms with Gasteiger partial charge in [-0.15, -0.1) is 0 Å². The summed E-state index contributed by atoms with van der Waals surface area (Å²) in [7, 11) is 0. The van der Waals surface area contributed by atoms with Crippen molar-refractivity contribution < 1.29 is 5.21 Å². The Balaban J connectivity index is 2.61. The zero-order valence-electron chi connectivity index (χ0n) is 4.94. The molecular formula is C5H7NOS2. The molecule has 2 nitrogen and oxygen atoms in total. The minimum atomic E-state index is -0.0556. The summed E-state index contributed by atoms with van der Waals surface area (Å²) >= 11 is 6.17. The van der Waals surface area contributed by atoms with Gasteiger partial charge in [0.1, 0.15) is 5.37 Å². The van der Waals surface area contributed by atoms with E-state index < -0.39 is 0 Å². The lowest BCUT2D eigenvalue weighted by Crippen LogP contribution is -2.23. The summed E-state index contributed by atoms with van der Waals surface area (Å²) in [4.78, 5) is 0. The van der Waals surface area contributed by atoms with E-state index in [1.54, 1.807) is 0 Å². The Morgan fingerprint density at radius 3 is 2.89 bits per heavy atom. The van der Waals surface area contributed by atoms with Crippen LogP contribution in [-0.2, 0) is 0 Å². The summed E-state index contributed by atoms with van der Waals surface area (Å²) in [6, 6.07) is 0. The molecule has 1 unspecified atom stereocenters. The van der Waals surface area contributed by atoms with Gasteiger partial charge < -0.3 is 0 Å². The summed E-state index contributed by atoms with van der Waals surface area (Å²) in [6.07, 6.45) is 0. The molecule has 50 valence electrons. The average molecular weight is 161 g/mol. The summed E-state index contributed by atoms with van der Waals surface area (Å²) < 4.78 is 0. The number of hydrogen-bond donors (Lipinski definition) is 1. The molecule has 0 amide bonds. The molecule has 4 heteroatoms. The molecule has 0 bridgehead atoms. The van der Waals surface area contributed by atoms with Gasteiger partial charge in [0.15, 0.2) is 0 Å². The normalized spacial score (nSPS) is 26.2. The summed E-state index contributed by atoms with van der Waals surface area (Å²) in [6.45, 7) is 1.84. The van der Waals surface area contributed by atoms with Crippen LogP contribution in [-0.4, -0.2) is 21.0 Å². The largest absolute Gasteiger partial charge is 0.287 e. The van der Waals surface area contributed by atoms with Gasteiger partial charge in [-0.1, -0.05) is 24.0 Å². The molecule has 1 rings (SSSR count). The second-order valence-corrected chi connectivity index (χ2v) is 3.03. The van der Waals surface area contributed by atoms with Crippen molar-refractivity contribution >= 4 is 29.3 Å². The zero-order valence-corrected chi connectivity index (χ0v) is 6.58. The lowest BCUT2D eigenvalue weighted by atomic mass is 10.5. The van der Waals surface area contributed by atoms with Crippen molar-refractivity contribution in [3.8, 4) is 0 Å². The number of hydroxylamine groups is 2. The van der Waals surface area contributed by atoms with E-state index in [-0.39, 0.29) is 5.37 Å². The molecule has 0 aromatic carbocycles. The van der Waals surface area contributed by atoms with Crippen LogP contribution in [0.4, 0.5) is 0 Å². The van der Waals surface area contributed by atoms with Gasteiger partial charge in [0.05, 0.1) is 0 Å². The van der Waals surface area contributed by atoms with Crippen LogP contribution >= 0.6 is 24.0 Å². The van der Waals surface area contributed by atoms with Crippen molar-refractivity contribution in [3.63, 3.8) is 0 Å². The highest BCUT2D eigenvalue weighted by atomic mass is 32.2. The van der Waals surface area contributed by atoms with Crippen molar-refractivity contribution in [3.05, 3.63) is 11.1 Å². The molecule has 0 aliphatic carbocycles. The smallest absolute Gasteiger partial charge is 0.133 e. The number of rotatable bonds is 1. The Kier molecular flexibility index (Phi) is 2.10. The maximum atomic E-state index is 9.10. The van der Waals surface area contributed by atoms with E-state index in [1.165, 1.54) is 17.1 Å². The predicted molar refractivity (Wildman–Crippen MR) is 42.4 cm³/mol. The van der Waals surface area contributed by atoms with Crippen molar-refractivity contribution in [1.82, 2.24) is 5.06 Å². The highest BCUT2D eigenvalue weighted by Crippen LogP contribution is 2.26. The Hall–Kier alpha value is -0.0600. The van der Waals surface area contributed by atoms with Crippen molar-refractivity contribution in [1.29, 1.82) is 0 Å². The van der Waals surface area contributed by atoms with Crippen LogP contribution in [0, 0.1) is 0 Å². The molecule has 9 heavy (non-hydrogen) atoms. The van der Waals surface area contributed by atoms with Gasteiger partial charge in [0, 0.05) is 11.1 Å². The Morgan fingerprint density at radius 2 is 2.67 bits per heavy atom. The van der Waals surface area contributed by atoms with Gasteiger partial charge in [-0.3, -0.25) is 5.21 Å². The van der Waals surface area contributed by atoms with Crippen molar-refractivity contribution in [2.45, 2.75) is 12.3 Å². The summed E-state index contributed by atoms with van der Waals surface area (Å²) in [5, 5.41) is 13.6. The molecule has 1 atom stereocenters. The second-order valence-electron chi connectivity index (χ2n) is 1.77. The van der Waals surface area contributed by atoms with Gasteiger partial charge >= 0.3 is 0 Å². The predicted octanol–water partition coefficient (Wildman–Crippen LogP) is 1.61. The maximum absolute atomic E-state index is 9.10. The van der Waals surface area contributed by atoms with Crippen LogP contribution in [0.15, 0.2) is 11.1 Å². The Labute approximate surface area is 63.5 Å². The van der Waals surface area contributed by atoms with E-state index in [1.807, 2.05) is 12.3 Å². The third kappa shape index (κ3) is 1.26. The molecule has 0 radical (unpaired) electrons. The first-order chi connectivity index (χ1) is 4.25. The fourth-order valence-electron chi connectivity index (χ4n) is 0.570. The number of hydrogen-bond acceptors (Lipinski definition) is 4. The standard InChI is InChI=1S/C5H7NOS2/c1-4-3-9-5(2-8)6(4)7/h2-3,5,7H,1H3. The lowest BCUT2D eigenvalue weighted by molar-refractivity contribution is -0.0447. The summed E-state index contributed by atoms with van der Waals surface area (Å²) in [5.41, 5.74) is 0.853. The van der Waals surface area contributed by atoms with E-state index in [2.05, 4.69) is 12.2 Å². The van der Waals surface area contributed by atoms with Gasteiger partial charge in [-0.2, -0.15) is 0 Å². The van der Waals surface area contributed by atoms with E-state index >= 15 is 0 Å². The molecule has 1 aliphatic rings. The Bertz CT molecular complexity index is 157. The van der Waals surface area contributed by atoms with E-state index in [0.29, 0.717) is 0 Å². The number of thiocarbonyl (C=S) groups is 1. The molecule has 1 N–H and O–H groups in total. The average Bonchev–Trinajstić information content (AvgIpc) is 2.15. The zero-order chi connectivity index (χ0) is 6.85. The number of allylic oxidation sites excluding steroid dienone is 1. The fourth-order valence-corrected chi connectivity index (χ4v) is 1.67. The van der Waals surface area contributed by atoms with E-state index in [9.17, 15) is 0 Å². The Morgan fingerprint density at radius 1 is 2.00 bits per heavy atom. The first-order valence-electron chi connectivity index (χ1n) is 2.51. The fraction of sp³-hybridized carbons (Fsp3) is 0.400. The van der Waals surface area contributed by atoms with Gasteiger partial charge in [0.2, 0.25) is 0 Å². The molecule has 0 fully saturated rings. The SMILES string of the molecule is CC1=CSC(C=S)N1O. The molecule has 0 saturated carbocycles. The number of thioether (sulfide) groups is 1. The van der Waals surface area contributed by atoms with E-state index in [0.717, 1.165) is 10.8 Å². The van der Waals surface area contributed by atoms with Gasteiger partial charge in [0.25, 0.3) is 0 Å². The molecule has 1 heterocycles. The first-order valence-corrected chi connectivity index (χ1v) is 3.93. The van der Waals surface area contributed by atoms with Crippen LogP contribution in [0.1, 0.15) is 6.92 Å². The van der Waals surface area contributed by atoms with Crippen LogP contribution < -0.4 is 0 Å². The second kappa shape index (κ2) is 2.68. The third-order valence-corrected chi connectivity index (χ3v) is 2.62. The molecule has 1 aliphatic heterocycles. The minimum Gasteiger partial charge on any atom is -0.287 e. The molecule has 0 aromatic heterocycles. The van der Waals surface area contributed by atoms with E-state index in [4.69, 9.17) is 5.21 Å². The number of nitrogens with zero attached hydrogens (tertiary/aromatic N) is 1. The van der Waals surface area contributed by atoms with Crippen molar-refractivity contribution in [2.75, 3.05) is 0 Å². The molecule has 0 saturated heterocycles. The monoisotopic (exact) mass is 161 g/mol. The van der Waals surface area contributed by atoms with Crippen LogP contribution in [0.5, 0.6) is 0 Å². The quantitative estimate of drug-likeness (QED) is 0.590. The highest BCUT2D eigenvalue weighted by molar-refractivity contribution is 8.04. The lowest BCUT2D eigenvalue weighted by Gasteiger charge is -2.15. The summed E-state index contributed by atoms with van der Waals surface area (Å²) in [5.74, 6) is 0. The molecule has 0 spiro atoms. The third-order valence-electron chi connectivity index (χ3n) is 1.10. The highest BCUT2D eigenvalue weighted by Gasteiger charge is 2.19. The molecule has 0 aromatic rings. The molecular weight excluding hydrogens is 154 g/mol.